The maximum Gasteiger partial charge on any atom is 0.125 e. The molecule has 0 spiro atoms. The smallest absolute Gasteiger partial charge is 0.125 e. The number of unbranched alkanes of at least 4 members (excludes halogenated alkanes) is 1. The van der Waals surface area contributed by atoms with Crippen molar-refractivity contribution in [2.24, 2.45) is 5.16 Å². The molecule has 0 amide bonds. The van der Waals surface area contributed by atoms with Gasteiger partial charge < -0.3 is 19.2 Å². The molecule has 0 saturated heterocycles. The summed E-state index contributed by atoms with van der Waals surface area (Å²) in [6, 6.07) is 14.5. The quantitative estimate of drug-likeness (QED) is 0.167. The van der Waals surface area contributed by atoms with E-state index in [9.17, 15) is 0 Å². The van der Waals surface area contributed by atoms with Crippen molar-refractivity contribution in [2.45, 2.75) is 40.0 Å². The fraction of sp³-hybridized carbons (Fsp3) is 0.444. The molecular weight excluding hydrogens is 400 g/mol. The second-order valence-electron chi connectivity index (χ2n) is 8.06. The lowest BCUT2D eigenvalue weighted by atomic mass is 10.1. The minimum Gasteiger partial charge on any atom is -0.493 e. The SMILES string of the molecule is C/C=C/COc1cc(C)c(OCCCCN(C)C/C(Cc2ccccc2)=N/OC)c(C)c1. The summed E-state index contributed by atoms with van der Waals surface area (Å²) < 4.78 is 11.8. The van der Waals surface area contributed by atoms with Crippen LogP contribution in [0, 0.1) is 13.8 Å². The molecule has 5 heteroatoms. The number of nitrogens with zero attached hydrogens (tertiary/aromatic N) is 2. The molecule has 32 heavy (non-hydrogen) atoms. The highest BCUT2D eigenvalue weighted by molar-refractivity contribution is 5.87. The normalized spacial score (nSPS) is 11.9. The number of hydrogen-bond donors (Lipinski definition) is 0. The zero-order valence-electron chi connectivity index (χ0n) is 20.3. The highest BCUT2D eigenvalue weighted by Crippen LogP contribution is 2.28. The first kappa shape index (κ1) is 25.5. The third-order valence-corrected chi connectivity index (χ3v) is 5.12. The summed E-state index contributed by atoms with van der Waals surface area (Å²) in [5.41, 5.74) is 4.49. The van der Waals surface area contributed by atoms with Gasteiger partial charge in [-0.15, -0.1) is 0 Å². The highest BCUT2D eigenvalue weighted by Gasteiger charge is 2.09. The molecule has 0 aliphatic heterocycles. The molecule has 0 radical (unpaired) electrons. The second kappa shape index (κ2) is 14.3. The van der Waals surface area contributed by atoms with E-state index in [1.54, 1.807) is 7.11 Å². The van der Waals surface area contributed by atoms with Crippen molar-refractivity contribution in [3.63, 3.8) is 0 Å². The van der Waals surface area contributed by atoms with Gasteiger partial charge in [-0.1, -0.05) is 47.6 Å². The van der Waals surface area contributed by atoms with Gasteiger partial charge in [0.15, 0.2) is 0 Å². The van der Waals surface area contributed by atoms with Crippen LogP contribution in [-0.2, 0) is 11.3 Å². The first-order chi connectivity index (χ1) is 15.5. The largest absolute Gasteiger partial charge is 0.493 e. The number of hydrogen-bond acceptors (Lipinski definition) is 5. The van der Waals surface area contributed by atoms with Crippen LogP contribution in [0.5, 0.6) is 11.5 Å². The van der Waals surface area contributed by atoms with Crippen LogP contribution in [0.1, 0.15) is 36.5 Å². The van der Waals surface area contributed by atoms with E-state index in [4.69, 9.17) is 14.3 Å². The number of ether oxygens (including phenoxy) is 2. The average molecular weight is 439 g/mol. The lowest BCUT2D eigenvalue weighted by Gasteiger charge is -2.18. The number of aryl methyl sites for hydroxylation is 2. The zero-order chi connectivity index (χ0) is 23.2. The van der Waals surface area contributed by atoms with Gasteiger partial charge in [0.2, 0.25) is 0 Å². The lowest BCUT2D eigenvalue weighted by molar-refractivity contribution is 0.210. The molecule has 0 fully saturated rings. The van der Waals surface area contributed by atoms with Crippen molar-refractivity contribution in [2.75, 3.05) is 40.5 Å². The van der Waals surface area contributed by atoms with E-state index >= 15 is 0 Å². The average Bonchev–Trinajstić information content (AvgIpc) is 2.76. The zero-order valence-corrected chi connectivity index (χ0v) is 20.3. The van der Waals surface area contributed by atoms with Crippen molar-refractivity contribution in [1.29, 1.82) is 0 Å². The molecule has 0 bridgehead atoms. The predicted octanol–water partition coefficient (Wildman–Crippen LogP) is 5.59. The fourth-order valence-electron chi connectivity index (χ4n) is 3.59. The summed E-state index contributed by atoms with van der Waals surface area (Å²) in [4.78, 5) is 7.34. The summed E-state index contributed by atoms with van der Waals surface area (Å²) in [7, 11) is 3.73. The minimum absolute atomic E-state index is 0.589. The Morgan fingerprint density at radius 2 is 1.75 bits per heavy atom. The van der Waals surface area contributed by atoms with Crippen LogP contribution in [0.25, 0.3) is 0 Å². The van der Waals surface area contributed by atoms with Crippen LogP contribution < -0.4 is 9.47 Å². The van der Waals surface area contributed by atoms with E-state index in [2.05, 4.69) is 55.2 Å². The van der Waals surface area contributed by atoms with Crippen LogP contribution in [0.15, 0.2) is 59.8 Å². The molecule has 2 rings (SSSR count). The third-order valence-electron chi connectivity index (χ3n) is 5.12. The summed E-state index contributed by atoms with van der Waals surface area (Å²) in [6.45, 7) is 9.20. The van der Waals surface area contributed by atoms with E-state index in [-0.39, 0.29) is 0 Å². The summed E-state index contributed by atoms with van der Waals surface area (Å²) >= 11 is 0. The van der Waals surface area contributed by atoms with Gasteiger partial charge in [-0.3, -0.25) is 0 Å². The number of benzene rings is 2. The van der Waals surface area contributed by atoms with Crippen molar-refractivity contribution < 1.29 is 14.3 Å². The Labute approximate surface area is 193 Å². The van der Waals surface area contributed by atoms with Gasteiger partial charge in [0.25, 0.3) is 0 Å². The maximum absolute atomic E-state index is 6.10. The summed E-state index contributed by atoms with van der Waals surface area (Å²) in [5, 5.41) is 4.23. The van der Waals surface area contributed by atoms with Crippen molar-refractivity contribution in [3.05, 3.63) is 71.3 Å². The molecule has 0 aromatic heterocycles. The Morgan fingerprint density at radius 1 is 1.03 bits per heavy atom. The highest BCUT2D eigenvalue weighted by atomic mass is 16.6. The molecule has 0 aliphatic rings. The van der Waals surface area contributed by atoms with Gasteiger partial charge in [-0.25, -0.2) is 0 Å². The second-order valence-corrected chi connectivity index (χ2v) is 8.06. The van der Waals surface area contributed by atoms with Gasteiger partial charge in [0.05, 0.1) is 12.3 Å². The van der Waals surface area contributed by atoms with Gasteiger partial charge in [0.1, 0.15) is 25.2 Å². The van der Waals surface area contributed by atoms with E-state index in [0.717, 1.165) is 60.7 Å². The Kier molecular flexibility index (Phi) is 11.4. The fourth-order valence-corrected chi connectivity index (χ4v) is 3.59. The Balaban J connectivity index is 1.74. The standard InChI is InChI=1S/C27H38N2O3/c1-6-7-16-31-26-18-22(2)27(23(3)19-26)32-17-12-11-15-29(4)21-25(28-30-5)20-24-13-9-8-10-14-24/h6-10,13-14,18-19H,11-12,15-17,20-21H2,1-5H3/b7-6+,28-25+. The van der Waals surface area contributed by atoms with E-state index in [1.165, 1.54) is 5.56 Å². The minimum atomic E-state index is 0.589. The van der Waals surface area contributed by atoms with Crippen molar-refractivity contribution >= 4 is 5.71 Å². The number of rotatable bonds is 14. The molecule has 0 N–H and O–H groups in total. The first-order valence-corrected chi connectivity index (χ1v) is 11.3. The summed E-state index contributed by atoms with van der Waals surface area (Å²) in [6.07, 6.45) is 6.85. The molecule has 5 nitrogen and oxygen atoms in total. The first-order valence-electron chi connectivity index (χ1n) is 11.3. The summed E-state index contributed by atoms with van der Waals surface area (Å²) in [5.74, 6) is 1.85. The predicted molar refractivity (Wildman–Crippen MR) is 133 cm³/mol. The molecule has 0 unspecified atom stereocenters. The van der Waals surface area contributed by atoms with Gasteiger partial charge >= 0.3 is 0 Å². The topological polar surface area (TPSA) is 43.3 Å². The molecular formula is C27H38N2O3. The van der Waals surface area contributed by atoms with E-state index in [0.29, 0.717) is 13.2 Å². The van der Waals surface area contributed by atoms with Gasteiger partial charge in [-0.2, -0.15) is 0 Å². The van der Waals surface area contributed by atoms with Crippen molar-refractivity contribution in [3.8, 4) is 11.5 Å². The van der Waals surface area contributed by atoms with Gasteiger partial charge in [0, 0.05) is 13.0 Å². The van der Waals surface area contributed by atoms with Crippen molar-refractivity contribution in [1.82, 2.24) is 4.90 Å². The third kappa shape index (κ3) is 9.15. The molecule has 0 aliphatic carbocycles. The Morgan fingerprint density at radius 3 is 2.41 bits per heavy atom. The van der Waals surface area contributed by atoms with Gasteiger partial charge in [-0.05, 0) is 76.0 Å². The lowest BCUT2D eigenvalue weighted by Crippen LogP contribution is -2.28. The van der Waals surface area contributed by atoms with Crippen LogP contribution >= 0.6 is 0 Å². The maximum atomic E-state index is 6.10. The van der Waals surface area contributed by atoms with Crippen LogP contribution in [0.4, 0.5) is 0 Å². The molecule has 0 heterocycles. The van der Waals surface area contributed by atoms with E-state index < -0.39 is 0 Å². The Hall–Kier alpha value is -2.79. The molecule has 2 aromatic carbocycles. The van der Waals surface area contributed by atoms with Crippen LogP contribution in [-0.4, -0.2) is 51.1 Å². The number of oxime groups is 1. The van der Waals surface area contributed by atoms with E-state index in [1.807, 2.05) is 37.3 Å². The van der Waals surface area contributed by atoms with Crippen LogP contribution in [0.3, 0.4) is 0 Å². The van der Waals surface area contributed by atoms with Crippen LogP contribution in [0.2, 0.25) is 0 Å². The molecule has 0 atom stereocenters. The molecule has 0 saturated carbocycles. The molecule has 174 valence electrons. The molecule has 2 aromatic rings. The monoisotopic (exact) mass is 438 g/mol. The Bertz CT molecular complexity index is 839. The number of allylic oxidation sites excluding steroid dienone is 1.